The molecule has 2 rings (SSSR count). The van der Waals surface area contributed by atoms with Crippen LogP contribution < -0.4 is 0 Å². The SMILES string of the molecule is O=S(=O)(c1cc(F)ccc1Cl)N1CCCCO1. The summed E-state index contributed by atoms with van der Waals surface area (Å²) in [5.74, 6) is -0.648. The molecular weight excluding hydrogens is 269 g/mol. The van der Waals surface area contributed by atoms with Crippen molar-refractivity contribution in [3.05, 3.63) is 29.0 Å². The Kier molecular flexibility index (Phi) is 3.67. The Morgan fingerprint density at radius 3 is 2.76 bits per heavy atom. The molecule has 0 unspecified atom stereocenters. The van der Waals surface area contributed by atoms with E-state index in [9.17, 15) is 12.8 Å². The van der Waals surface area contributed by atoms with Gasteiger partial charge in [0.05, 0.1) is 11.6 Å². The van der Waals surface area contributed by atoms with Crippen molar-refractivity contribution in [2.45, 2.75) is 17.7 Å². The zero-order valence-electron chi connectivity index (χ0n) is 8.90. The number of nitrogens with zero attached hydrogens (tertiary/aromatic N) is 1. The molecular formula is C10H11ClFNO3S. The Morgan fingerprint density at radius 2 is 2.12 bits per heavy atom. The molecule has 0 saturated carbocycles. The van der Waals surface area contributed by atoms with Gasteiger partial charge >= 0.3 is 0 Å². The second-order valence-corrected chi connectivity index (χ2v) is 5.85. The molecule has 1 fully saturated rings. The summed E-state index contributed by atoms with van der Waals surface area (Å²) >= 11 is 5.77. The predicted molar refractivity (Wildman–Crippen MR) is 60.5 cm³/mol. The highest BCUT2D eigenvalue weighted by Crippen LogP contribution is 2.26. The van der Waals surface area contributed by atoms with Gasteiger partial charge in [0, 0.05) is 6.54 Å². The summed E-state index contributed by atoms with van der Waals surface area (Å²) in [5.41, 5.74) is 0. The quantitative estimate of drug-likeness (QED) is 0.834. The minimum atomic E-state index is -3.88. The highest BCUT2D eigenvalue weighted by Gasteiger charge is 2.29. The number of hydrogen-bond acceptors (Lipinski definition) is 3. The van der Waals surface area contributed by atoms with Gasteiger partial charge in [-0.25, -0.2) is 12.8 Å². The standard InChI is InChI=1S/C10H11ClFNO3S/c11-9-4-3-8(12)7-10(9)17(14,15)13-5-1-2-6-16-13/h3-4,7H,1-2,5-6H2. The Hall–Kier alpha value is -0.690. The third kappa shape index (κ3) is 2.60. The monoisotopic (exact) mass is 279 g/mol. The average molecular weight is 280 g/mol. The molecule has 0 amide bonds. The maximum atomic E-state index is 13.1. The second kappa shape index (κ2) is 4.89. The lowest BCUT2D eigenvalue weighted by Gasteiger charge is -2.25. The van der Waals surface area contributed by atoms with Crippen molar-refractivity contribution in [2.24, 2.45) is 0 Å². The largest absolute Gasteiger partial charge is 0.284 e. The van der Waals surface area contributed by atoms with Crippen LogP contribution in [-0.4, -0.2) is 26.0 Å². The molecule has 1 aromatic carbocycles. The molecule has 0 bridgehead atoms. The average Bonchev–Trinajstić information content (AvgIpc) is 2.33. The van der Waals surface area contributed by atoms with E-state index < -0.39 is 15.8 Å². The van der Waals surface area contributed by atoms with Crippen molar-refractivity contribution in [3.8, 4) is 0 Å². The summed E-state index contributed by atoms with van der Waals surface area (Å²) in [6.07, 6.45) is 1.52. The van der Waals surface area contributed by atoms with E-state index in [-0.39, 0.29) is 16.5 Å². The van der Waals surface area contributed by atoms with Crippen LogP contribution in [0.25, 0.3) is 0 Å². The molecule has 1 saturated heterocycles. The molecule has 0 aromatic heterocycles. The van der Waals surface area contributed by atoms with Crippen molar-refractivity contribution in [1.82, 2.24) is 4.47 Å². The Bertz CT molecular complexity index is 514. The summed E-state index contributed by atoms with van der Waals surface area (Å²) < 4.78 is 38.2. The molecule has 4 nitrogen and oxygen atoms in total. The first-order chi connectivity index (χ1) is 8.01. The molecule has 94 valence electrons. The highest BCUT2D eigenvalue weighted by atomic mass is 35.5. The van der Waals surface area contributed by atoms with Gasteiger partial charge in [0.15, 0.2) is 0 Å². The van der Waals surface area contributed by atoms with Gasteiger partial charge in [-0.3, -0.25) is 4.84 Å². The van der Waals surface area contributed by atoms with Crippen LogP contribution in [0.5, 0.6) is 0 Å². The van der Waals surface area contributed by atoms with Gasteiger partial charge in [-0.1, -0.05) is 16.1 Å². The molecule has 1 heterocycles. The minimum absolute atomic E-state index is 0.0134. The van der Waals surface area contributed by atoms with Crippen LogP contribution in [0.15, 0.2) is 23.1 Å². The molecule has 1 aliphatic heterocycles. The van der Waals surface area contributed by atoms with Crippen molar-refractivity contribution in [1.29, 1.82) is 0 Å². The third-order valence-corrected chi connectivity index (χ3v) is 4.57. The molecule has 0 N–H and O–H groups in total. The van der Waals surface area contributed by atoms with E-state index in [0.29, 0.717) is 13.0 Å². The van der Waals surface area contributed by atoms with Crippen LogP contribution in [0.1, 0.15) is 12.8 Å². The van der Waals surface area contributed by atoms with E-state index in [0.717, 1.165) is 23.0 Å². The lowest BCUT2D eigenvalue weighted by molar-refractivity contribution is -0.108. The summed E-state index contributed by atoms with van der Waals surface area (Å²) in [6.45, 7) is 0.599. The lowest BCUT2D eigenvalue weighted by Crippen LogP contribution is -2.35. The van der Waals surface area contributed by atoms with Crippen LogP contribution in [0.3, 0.4) is 0 Å². The molecule has 1 aromatic rings. The molecule has 1 aliphatic rings. The molecule has 0 spiro atoms. The highest BCUT2D eigenvalue weighted by molar-refractivity contribution is 7.89. The van der Waals surface area contributed by atoms with Gasteiger partial charge in [-0.05, 0) is 31.0 Å². The van der Waals surface area contributed by atoms with Crippen molar-refractivity contribution >= 4 is 21.6 Å². The van der Waals surface area contributed by atoms with E-state index >= 15 is 0 Å². The van der Waals surface area contributed by atoms with Gasteiger partial charge in [0.2, 0.25) is 0 Å². The van der Waals surface area contributed by atoms with Crippen molar-refractivity contribution < 1.29 is 17.6 Å². The summed E-state index contributed by atoms with van der Waals surface area (Å²) in [6, 6.07) is 3.22. The Morgan fingerprint density at radius 1 is 1.35 bits per heavy atom. The van der Waals surface area contributed by atoms with Crippen LogP contribution in [-0.2, 0) is 14.9 Å². The minimum Gasteiger partial charge on any atom is -0.284 e. The van der Waals surface area contributed by atoms with Gasteiger partial charge < -0.3 is 0 Å². The third-order valence-electron chi connectivity index (χ3n) is 2.41. The van der Waals surface area contributed by atoms with Crippen LogP contribution in [0.4, 0.5) is 4.39 Å². The predicted octanol–water partition coefficient (Wildman–Crippen LogP) is 2.20. The zero-order chi connectivity index (χ0) is 12.5. The summed E-state index contributed by atoms with van der Waals surface area (Å²) in [4.78, 5) is 4.79. The van der Waals surface area contributed by atoms with Gasteiger partial charge in [-0.15, -0.1) is 0 Å². The van der Waals surface area contributed by atoms with Crippen LogP contribution >= 0.6 is 11.6 Å². The van der Waals surface area contributed by atoms with Gasteiger partial charge in [-0.2, -0.15) is 0 Å². The molecule has 0 aliphatic carbocycles. The molecule has 0 atom stereocenters. The number of hydroxylamine groups is 1. The van der Waals surface area contributed by atoms with Crippen LogP contribution in [0, 0.1) is 5.82 Å². The summed E-state index contributed by atoms with van der Waals surface area (Å²) in [7, 11) is -3.88. The normalized spacial score (nSPS) is 18.2. The number of benzene rings is 1. The van der Waals surface area contributed by atoms with Crippen molar-refractivity contribution in [2.75, 3.05) is 13.2 Å². The smallest absolute Gasteiger partial charge is 0.266 e. The fourth-order valence-electron chi connectivity index (χ4n) is 1.55. The maximum absolute atomic E-state index is 13.1. The Labute approximate surface area is 104 Å². The topological polar surface area (TPSA) is 46.6 Å². The number of rotatable bonds is 2. The van der Waals surface area contributed by atoms with E-state index in [1.165, 1.54) is 6.07 Å². The molecule has 7 heteroatoms. The number of hydrogen-bond donors (Lipinski definition) is 0. The zero-order valence-corrected chi connectivity index (χ0v) is 10.5. The van der Waals surface area contributed by atoms with Crippen molar-refractivity contribution in [3.63, 3.8) is 0 Å². The first-order valence-corrected chi connectivity index (χ1v) is 6.94. The number of sulfonamides is 1. The maximum Gasteiger partial charge on any atom is 0.266 e. The fourth-order valence-corrected chi connectivity index (χ4v) is 3.34. The van der Waals surface area contributed by atoms with E-state index in [1.54, 1.807) is 0 Å². The van der Waals surface area contributed by atoms with Gasteiger partial charge in [0.1, 0.15) is 10.7 Å². The second-order valence-electron chi connectivity index (χ2n) is 3.65. The van der Waals surface area contributed by atoms with E-state index in [2.05, 4.69) is 0 Å². The molecule has 17 heavy (non-hydrogen) atoms. The first kappa shape index (κ1) is 12.8. The summed E-state index contributed by atoms with van der Waals surface area (Å²) in [5, 5.41) is -0.0134. The first-order valence-electron chi connectivity index (χ1n) is 5.12. The lowest BCUT2D eigenvalue weighted by atomic mass is 10.3. The fraction of sp³-hybridized carbons (Fsp3) is 0.400. The van der Waals surface area contributed by atoms with Gasteiger partial charge in [0.25, 0.3) is 10.0 Å². The van der Waals surface area contributed by atoms with E-state index in [4.69, 9.17) is 16.4 Å². The number of halogens is 2. The molecule has 0 radical (unpaired) electrons. The van der Waals surface area contributed by atoms with Crippen LogP contribution in [0.2, 0.25) is 5.02 Å². The Balaban J connectivity index is 2.40. The van der Waals surface area contributed by atoms with E-state index in [1.807, 2.05) is 0 Å².